The molecule has 2 fully saturated rings. The second kappa shape index (κ2) is 7.71. The maximum absolute atomic E-state index is 13.5. The molecule has 2 saturated heterocycles. The van der Waals surface area contributed by atoms with Gasteiger partial charge in [-0.1, -0.05) is 18.2 Å². The summed E-state index contributed by atoms with van der Waals surface area (Å²) in [6.45, 7) is 3.76. The molecule has 2 unspecified atom stereocenters. The Hall–Kier alpha value is -3.17. The minimum absolute atomic E-state index is 0.101. The van der Waals surface area contributed by atoms with Crippen LogP contribution in [0.3, 0.4) is 0 Å². The monoisotopic (exact) mass is 464 g/mol. The molecule has 4 heterocycles. The number of fused-ring (bicyclic) bond motifs is 2. The third-order valence-corrected chi connectivity index (χ3v) is 7.81. The lowest BCUT2D eigenvalue weighted by atomic mass is 9.91. The second-order valence-corrected chi connectivity index (χ2v) is 9.84. The number of imide groups is 1. The van der Waals surface area contributed by atoms with E-state index in [1.807, 2.05) is 24.3 Å². The molecule has 2 atom stereocenters. The van der Waals surface area contributed by atoms with Crippen molar-refractivity contribution in [2.24, 2.45) is 0 Å². The number of hydrogen-bond donors (Lipinski definition) is 1. The van der Waals surface area contributed by atoms with E-state index in [2.05, 4.69) is 16.3 Å². The Kier molecular flexibility index (Phi) is 4.77. The number of aromatic nitrogens is 1. The van der Waals surface area contributed by atoms with Crippen molar-refractivity contribution in [2.45, 2.75) is 31.3 Å². The zero-order valence-corrected chi connectivity index (χ0v) is 19.1. The van der Waals surface area contributed by atoms with Gasteiger partial charge in [-0.15, -0.1) is 11.3 Å². The molecule has 3 aliphatic heterocycles. The van der Waals surface area contributed by atoms with Gasteiger partial charge in [0, 0.05) is 6.54 Å². The summed E-state index contributed by atoms with van der Waals surface area (Å²) in [4.78, 5) is 34.8. The van der Waals surface area contributed by atoms with Crippen LogP contribution in [0.15, 0.2) is 42.5 Å². The highest BCUT2D eigenvalue weighted by atomic mass is 32.1. The first-order valence-electron chi connectivity index (χ1n) is 11.2. The van der Waals surface area contributed by atoms with Gasteiger partial charge in [-0.25, -0.2) is 14.7 Å². The van der Waals surface area contributed by atoms with Crippen molar-refractivity contribution in [3.05, 3.63) is 53.0 Å². The lowest BCUT2D eigenvalue weighted by Gasteiger charge is -2.28. The Labute approximate surface area is 195 Å². The number of carbonyl (C=O) groups is 2. The molecule has 0 bridgehead atoms. The highest BCUT2D eigenvalue weighted by Gasteiger charge is 2.50. The van der Waals surface area contributed by atoms with Crippen molar-refractivity contribution in [3.8, 4) is 11.5 Å². The molecular formula is C24H24N4O4S. The first-order chi connectivity index (χ1) is 16.0. The molecule has 1 aromatic heterocycles. The Morgan fingerprint density at radius 1 is 1.15 bits per heavy atom. The first kappa shape index (κ1) is 20.4. The standard InChI is InChI=1S/C24H24N4O4S/c1-24(15-8-9-18-19(13-15)32-12-11-31-18)22(29)28(23(30)26-24)14-27-10-4-6-17(27)21-25-16-5-2-3-7-20(16)33-21/h2-3,5,7-9,13,17H,4,6,10-12,14H2,1H3,(H,26,30). The molecule has 2 aromatic carbocycles. The smallest absolute Gasteiger partial charge is 0.326 e. The average molecular weight is 465 g/mol. The summed E-state index contributed by atoms with van der Waals surface area (Å²) in [5, 5.41) is 3.94. The first-order valence-corrected chi connectivity index (χ1v) is 12.0. The fraction of sp³-hybridized carbons (Fsp3) is 0.375. The summed E-state index contributed by atoms with van der Waals surface area (Å²) < 4.78 is 12.4. The average Bonchev–Trinajstić information content (AvgIpc) is 3.52. The SMILES string of the molecule is CC1(c2ccc3c(c2)OCCO3)NC(=O)N(CN2CCCC2c2nc3ccccc3s2)C1=O. The normalized spacial score (nSPS) is 25.1. The van der Waals surface area contributed by atoms with Gasteiger partial charge in [-0.3, -0.25) is 9.69 Å². The summed E-state index contributed by atoms with van der Waals surface area (Å²) in [7, 11) is 0. The summed E-state index contributed by atoms with van der Waals surface area (Å²) in [5.74, 6) is 0.980. The van der Waals surface area contributed by atoms with E-state index in [4.69, 9.17) is 14.5 Å². The van der Waals surface area contributed by atoms with Crippen LogP contribution in [-0.2, 0) is 10.3 Å². The third-order valence-electron chi connectivity index (χ3n) is 6.68. The van der Waals surface area contributed by atoms with Gasteiger partial charge >= 0.3 is 6.03 Å². The van der Waals surface area contributed by atoms with E-state index in [0.29, 0.717) is 30.3 Å². The van der Waals surface area contributed by atoms with Gasteiger partial charge in [0.15, 0.2) is 11.5 Å². The number of amides is 3. The maximum Gasteiger partial charge on any atom is 0.326 e. The zero-order valence-electron chi connectivity index (χ0n) is 18.2. The predicted octanol–water partition coefficient (Wildman–Crippen LogP) is 3.63. The molecule has 170 valence electrons. The van der Waals surface area contributed by atoms with Crippen LogP contribution in [0.5, 0.6) is 11.5 Å². The van der Waals surface area contributed by atoms with Gasteiger partial charge in [-0.2, -0.15) is 0 Å². The van der Waals surface area contributed by atoms with Crippen LogP contribution in [-0.4, -0.2) is 53.1 Å². The molecule has 0 spiro atoms. The minimum atomic E-state index is -1.15. The molecule has 0 aliphatic carbocycles. The zero-order chi connectivity index (χ0) is 22.6. The van der Waals surface area contributed by atoms with Crippen LogP contribution in [0.2, 0.25) is 0 Å². The van der Waals surface area contributed by atoms with Crippen LogP contribution in [0.25, 0.3) is 10.2 Å². The van der Waals surface area contributed by atoms with E-state index in [1.54, 1.807) is 30.4 Å². The van der Waals surface area contributed by atoms with Crippen molar-refractivity contribution in [1.29, 1.82) is 0 Å². The Bertz CT molecular complexity index is 1230. The Morgan fingerprint density at radius 2 is 1.97 bits per heavy atom. The fourth-order valence-electron chi connectivity index (χ4n) is 4.86. The lowest BCUT2D eigenvalue weighted by Crippen LogP contribution is -2.43. The number of thiazole rings is 1. The number of ether oxygens (including phenoxy) is 2. The molecule has 3 amide bonds. The van der Waals surface area contributed by atoms with Gasteiger partial charge in [0.05, 0.1) is 22.9 Å². The summed E-state index contributed by atoms with van der Waals surface area (Å²) in [6, 6.07) is 13.2. The minimum Gasteiger partial charge on any atom is -0.486 e. The van der Waals surface area contributed by atoms with E-state index in [-0.39, 0.29) is 24.6 Å². The van der Waals surface area contributed by atoms with E-state index in [1.165, 1.54) is 4.90 Å². The number of nitrogens with one attached hydrogen (secondary N) is 1. The number of benzene rings is 2. The van der Waals surface area contributed by atoms with Crippen molar-refractivity contribution in [3.63, 3.8) is 0 Å². The molecule has 1 N–H and O–H groups in total. The Morgan fingerprint density at radius 3 is 2.82 bits per heavy atom. The number of likely N-dealkylation sites (tertiary alicyclic amines) is 1. The molecule has 6 rings (SSSR count). The molecular weight excluding hydrogens is 440 g/mol. The summed E-state index contributed by atoms with van der Waals surface area (Å²) in [6.07, 6.45) is 1.96. The third kappa shape index (κ3) is 3.34. The predicted molar refractivity (Wildman–Crippen MR) is 123 cm³/mol. The second-order valence-electron chi connectivity index (χ2n) is 8.78. The highest BCUT2D eigenvalue weighted by Crippen LogP contribution is 2.39. The van der Waals surface area contributed by atoms with Crippen LogP contribution in [0, 0.1) is 0 Å². The van der Waals surface area contributed by atoms with Crippen molar-refractivity contribution >= 4 is 33.5 Å². The van der Waals surface area contributed by atoms with Crippen LogP contribution in [0.4, 0.5) is 4.79 Å². The lowest BCUT2D eigenvalue weighted by molar-refractivity contribution is -0.132. The van der Waals surface area contributed by atoms with Crippen molar-refractivity contribution < 1.29 is 19.1 Å². The van der Waals surface area contributed by atoms with Gasteiger partial charge in [0.1, 0.15) is 23.8 Å². The van der Waals surface area contributed by atoms with Crippen molar-refractivity contribution in [1.82, 2.24) is 20.1 Å². The van der Waals surface area contributed by atoms with Crippen LogP contribution in [0.1, 0.15) is 36.4 Å². The van der Waals surface area contributed by atoms with E-state index < -0.39 is 5.54 Å². The molecule has 9 heteroatoms. The number of urea groups is 1. The van der Waals surface area contributed by atoms with Crippen LogP contribution >= 0.6 is 11.3 Å². The van der Waals surface area contributed by atoms with Crippen LogP contribution < -0.4 is 14.8 Å². The molecule has 8 nitrogen and oxygen atoms in total. The molecule has 0 radical (unpaired) electrons. The highest BCUT2D eigenvalue weighted by molar-refractivity contribution is 7.18. The fourth-order valence-corrected chi connectivity index (χ4v) is 6.00. The largest absolute Gasteiger partial charge is 0.486 e. The molecule has 33 heavy (non-hydrogen) atoms. The number of carbonyl (C=O) groups excluding carboxylic acids is 2. The number of nitrogens with zero attached hydrogens (tertiary/aromatic N) is 3. The van der Waals surface area contributed by atoms with Crippen molar-refractivity contribution in [2.75, 3.05) is 26.4 Å². The number of para-hydroxylation sites is 1. The molecule has 3 aliphatic rings. The summed E-state index contributed by atoms with van der Waals surface area (Å²) >= 11 is 1.68. The number of rotatable bonds is 4. The van der Waals surface area contributed by atoms with Gasteiger partial charge < -0.3 is 14.8 Å². The van der Waals surface area contributed by atoms with E-state index >= 15 is 0 Å². The quantitative estimate of drug-likeness (QED) is 0.594. The van der Waals surface area contributed by atoms with E-state index in [0.717, 1.165) is 34.6 Å². The topological polar surface area (TPSA) is 84.0 Å². The summed E-state index contributed by atoms with van der Waals surface area (Å²) in [5.41, 5.74) is 0.514. The van der Waals surface area contributed by atoms with E-state index in [9.17, 15) is 9.59 Å². The van der Waals surface area contributed by atoms with Gasteiger partial charge in [0.2, 0.25) is 0 Å². The maximum atomic E-state index is 13.5. The number of hydrogen-bond acceptors (Lipinski definition) is 7. The molecule has 0 saturated carbocycles. The molecule has 3 aromatic rings. The van der Waals surface area contributed by atoms with Gasteiger partial charge in [-0.05, 0) is 49.6 Å². The Balaban J connectivity index is 1.24. The van der Waals surface area contributed by atoms with Gasteiger partial charge in [0.25, 0.3) is 5.91 Å².